The number of hydrogen-bond acceptors (Lipinski definition) is 11. The number of benzene rings is 1. The molecule has 3 aromatic rings. The number of nitrogens with zero attached hydrogens (tertiary/aromatic N) is 5. The number of aromatic amines is 1. The van der Waals surface area contributed by atoms with E-state index in [1.54, 1.807) is 18.2 Å². The number of carbonyl (C=O) groups is 1. The summed E-state index contributed by atoms with van der Waals surface area (Å²) in [6, 6.07) is 5.22. The number of imidazole rings is 1. The summed E-state index contributed by atoms with van der Waals surface area (Å²) in [6.45, 7) is -0.559. The highest BCUT2D eigenvalue weighted by Crippen LogP contribution is 2.35. The number of aliphatic hydroxyl groups excluding tert-OH is 3. The summed E-state index contributed by atoms with van der Waals surface area (Å²) in [5.74, 6) is -0.687. The largest absolute Gasteiger partial charge is 0.394 e. The molecular formula is C19H19BrN8O6. The van der Waals surface area contributed by atoms with E-state index in [0.29, 0.717) is 11.3 Å². The molecule has 4 heterocycles. The fourth-order valence-electron chi connectivity index (χ4n) is 3.96. The number of hydrogen-bond donors (Lipinski definition) is 6. The van der Waals surface area contributed by atoms with Crippen LogP contribution in [0.25, 0.3) is 11.2 Å². The SMILES string of the molecule is CN(/N=C1/C(=O)Nc2ccc(Br)cc21)c1nc2c(=O)[nH]c(N)nc2n1[C@@H]1O[C@H](CO)[C@@H](O)[C@H]1O. The molecule has 0 saturated carbocycles. The lowest BCUT2D eigenvalue weighted by Gasteiger charge is -2.22. The van der Waals surface area contributed by atoms with E-state index in [2.05, 4.69) is 41.3 Å². The van der Waals surface area contributed by atoms with E-state index >= 15 is 0 Å². The number of anilines is 3. The van der Waals surface area contributed by atoms with Gasteiger partial charge in [0.15, 0.2) is 23.1 Å². The van der Waals surface area contributed by atoms with Gasteiger partial charge in [-0.05, 0) is 18.2 Å². The van der Waals surface area contributed by atoms with Crippen molar-refractivity contribution in [2.24, 2.45) is 5.10 Å². The van der Waals surface area contributed by atoms with Crippen LogP contribution in [-0.2, 0) is 9.53 Å². The molecule has 0 aliphatic carbocycles. The van der Waals surface area contributed by atoms with Gasteiger partial charge in [0.1, 0.15) is 18.3 Å². The Morgan fingerprint density at radius 3 is 2.76 bits per heavy atom. The Morgan fingerprint density at radius 1 is 1.29 bits per heavy atom. The van der Waals surface area contributed by atoms with Crippen molar-refractivity contribution in [1.29, 1.82) is 0 Å². The van der Waals surface area contributed by atoms with Gasteiger partial charge in [0.05, 0.1) is 12.3 Å². The third-order valence-corrected chi connectivity index (χ3v) is 6.05. The maximum Gasteiger partial charge on any atom is 0.280 e. The minimum atomic E-state index is -1.50. The van der Waals surface area contributed by atoms with Gasteiger partial charge >= 0.3 is 0 Å². The molecule has 0 unspecified atom stereocenters. The summed E-state index contributed by atoms with van der Waals surface area (Å²) in [7, 11) is 1.48. The Balaban J connectivity index is 1.67. The number of amides is 1. The normalized spacial score (nSPS) is 25.2. The first-order valence-corrected chi connectivity index (χ1v) is 10.8. The van der Waals surface area contributed by atoms with Crippen molar-refractivity contribution < 1.29 is 24.9 Å². The summed E-state index contributed by atoms with van der Waals surface area (Å²) in [5, 5.41) is 38.7. The molecule has 4 atom stereocenters. The zero-order valence-electron chi connectivity index (χ0n) is 17.5. The molecule has 1 amide bonds. The van der Waals surface area contributed by atoms with Crippen LogP contribution in [0.4, 0.5) is 17.6 Å². The van der Waals surface area contributed by atoms with Crippen molar-refractivity contribution >= 4 is 56.3 Å². The van der Waals surface area contributed by atoms with E-state index in [0.717, 1.165) is 4.47 Å². The molecule has 0 radical (unpaired) electrons. The van der Waals surface area contributed by atoms with Gasteiger partial charge in [0.25, 0.3) is 11.5 Å². The molecule has 2 aromatic heterocycles. The molecule has 34 heavy (non-hydrogen) atoms. The van der Waals surface area contributed by atoms with Crippen LogP contribution in [0.1, 0.15) is 11.8 Å². The second-order valence-electron chi connectivity index (χ2n) is 7.75. The highest BCUT2D eigenvalue weighted by atomic mass is 79.9. The van der Waals surface area contributed by atoms with Crippen molar-refractivity contribution in [3.05, 3.63) is 38.6 Å². The Labute approximate surface area is 198 Å². The third kappa shape index (κ3) is 3.45. The number of nitrogens with two attached hydrogens (primary N) is 1. The summed E-state index contributed by atoms with van der Waals surface area (Å²) in [6.07, 6.45) is -5.29. The average Bonchev–Trinajstić information content (AvgIpc) is 3.40. The number of nitrogens with one attached hydrogen (secondary N) is 2. The molecule has 0 bridgehead atoms. The summed E-state index contributed by atoms with van der Waals surface area (Å²) >= 11 is 3.37. The highest BCUT2D eigenvalue weighted by molar-refractivity contribution is 9.10. The van der Waals surface area contributed by atoms with Crippen molar-refractivity contribution in [2.75, 3.05) is 29.7 Å². The molecule has 7 N–H and O–H groups in total. The Bertz CT molecular complexity index is 1400. The summed E-state index contributed by atoms with van der Waals surface area (Å²) in [5.41, 5.74) is 6.09. The van der Waals surface area contributed by atoms with E-state index in [9.17, 15) is 24.9 Å². The molecule has 1 aromatic carbocycles. The standard InChI is InChI=1S/C19H19BrN8O6/c1-27(26-10-7-4-6(20)2-3-8(7)22-15(10)32)19-23-11-14(24-18(21)25-16(11)33)28(19)17-13(31)12(30)9(5-29)34-17/h2-4,9,12-13,17,29-31H,5H2,1H3,(H,22,26,32)(H3,21,24,25,33)/t9-,12-,13-,17-/m1/s1. The van der Waals surface area contributed by atoms with Crippen LogP contribution in [0.3, 0.4) is 0 Å². The number of hydrazone groups is 1. The maximum atomic E-state index is 12.6. The lowest BCUT2D eigenvalue weighted by Crippen LogP contribution is -2.33. The molecule has 1 saturated heterocycles. The third-order valence-electron chi connectivity index (χ3n) is 5.56. The Kier molecular flexibility index (Phi) is 5.37. The first kappa shape index (κ1) is 22.4. The smallest absolute Gasteiger partial charge is 0.280 e. The van der Waals surface area contributed by atoms with E-state index in [1.165, 1.54) is 16.6 Å². The predicted molar refractivity (Wildman–Crippen MR) is 123 cm³/mol. The molecule has 14 nitrogen and oxygen atoms in total. The Morgan fingerprint density at radius 2 is 2.06 bits per heavy atom. The zero-order valence-corrected chi connectivity index (χ0v) is 19.1. The van der Waals surface area contributed by atoms with Crippen molar-refractivity contribution in [3.63, 3.8) is 0 Å². The number of halogens is 1. The highest BCUT2D eigenvalue weighted by Gasteiger charge is 2.45. The van der Waals surface area contributed by atoms with E-state index in [-0.39, 0.29) is 28.8 Å². The van der Waals surface area contributed by atoms with Crippen LogP contribution >= 0.6 is 15.9 Å². The first-order chi connectivity index (χ1) is 16.2. The number of rotatable bonds is 4. The molecule has 2 aliphatic heterocycles. The molecule has 0 spiro atoms. The molecule has 15 heteroatoms. The van der Waals surface area contributed by atoms with Crippen LogP contribution in [-0.4, -0.2) is 78.4 Å². The van der Waals surface area contributed by atoms with Gasteiger partial charge in [-0.1, -0.05) is 15.9 Å². The minimum absolute atomic E-state index is 0.0304. The zero-order chi connectivity index (χ0) is 24.3. The van der Waals surface area contributed by atoms with Crippen LogP contribution in [0.15, 0.2) is 32.6 Å². The number of aliphatic hydroxyl groups is 3. The number of H-pyrrole nitrogens is 1. The first-order valence-electron chi connectivity index (χ1n) is 10.0. The second kappa shape index (κ2) is 8.14. The molecule has 1 fully saturated rings. The van der Waals surface area contributed by atoms with Gasteiger partial charge in [-0.3, -0.25) is 19.1 Å². The van der Waals surface area contributed by atoms with E-state index < -0.39 is 42.6 Å². The number of fused-ring (bicyclic) bond motifs is 2. The van der Waals surface area contributed by atoms with E-state index in [4.69, 9.17) is 10.5 Å². The van der Waals surface area contributed by atoms with Crippen LogP contribution in [0.2, 0.25) is 0 Å². The molecular weight excluding hydrogens is 516 g/mol. The van der Waals surface area contributed by atoms with Gasteiger partial charge in [-0.25, -0.2) is 9.99 Å². The average molecular weight is 535 g/mol. The predicted octanol–water partition coefficient (Wildman–Crippen LogP) is -1.13. The second-order valence-corrected chi connectivity index (χ2v) is 8.67. The van der Waals surface area contributed by atoms with Crippen LogP contribution in [0, 0.1) is 0 Å². The fourth-order valence-corrected chi connectivity index (χ4v) is 4.33. The van der Waals surface area contributed by atoms with Crippen molar-refractivity contribution in [2.45, 2.75) is 24.5 Å². The summed E-state index contributed by atoms with van der Waals surface area (Å²) in [4.78, 5) is 35.8. The number of nitrogen functional groups attached to an aromatic ring is 1. The number of carbonyl (C=O) groups excluding carboxylic acids is 1. The van der Waals surface area contributed by atoms with Crippen LogP contribution < -0.4 is 21.6 Å². The number of aromatic nitrogens is 4. The Hall–Kier alpha value is -3.37. The van der Waals surface area contributed by atoms with Gasteiger partial charge in [-0.15, -0.1) is 0 Å². The monoisotopic (exact) mass is 534 g/mol. The summed E-state index contributed by atoms with van der Waals surface area (Å²) < 4.78 is 7.62. The van der Waals surface area contributed by atoms with Crippen molar-refractivity contribution in [1.82, 2.24) is 19.5 Å². The maximum absolute atomic E-state index is 12.6. The van der Waals surface area contributed by atoms with Gasteiger partial charge in [0.2, 0.25) is 11.9 Å². The fraction of sp³-hybridized carbons (Fsp3) is 0.316. The minimum Gasteiger partial charge on any atom is -0.394 e. The number of ether oxygens (including phenoxy) is 1. The van der Waals surface area contributed by atoms with Gasteiger partial charge in [-0.2, -0.15) is 10.1 Å². The quantitative estimate of drug-likeness (QED) is 0.222. The van der Waals surface area contributed by atoms with Gasteiger partial charge < -0.3 is 31.1 Å². The molecule has 5 rings (SSSR count). The molecule has 2 aliphatic rings. The lowest BCUT2D eigenvalue weighted by atomic mass is 10.1. The molecule has 178 valence electrons. The van der Waals surface area contributed by atoms with E-state index in [1.807, 2.05) is 0 Å². The topological polar surface area (TPSA) is 204 Å². The van der Waals surface area contributed by atoms with Crippen LogP contribution in [0.5, 0.6) is 0 Å². The lowest BCUT2D eigenvalue weighted by molar-refractivity contribution is -0.110. The van der Waals surface area contributed by atoms with Gasteiger partial charge in [0, 0.05) is 17.1 Å². The van der Waals surface area contributed by atoms with Crippen molar-refractivity contribution in [3.8, 4) is 0 Å².